The molecule has 88 valence electrons. The summed E-state index contributed by atoms with van der Waals surface area (Å²) < 4.78 is 14.5. The average molecular weight is 256 g/mol. The highest BCUT2D eigenvalue weighted by Gasteiger charge is 2.15. The van der Waals surface area contributed by atoms with Gasteiger partial charge < -0.3 is 11.5 Å². The summed E-state index contributed by atoms with van der Waals surface area (Å²) in [5, 5.41) is 3.90. The Morgan fingerprint density at radius 2 is 2.24 bits per heavy atom. The quantitative estimate of drug-likeness (QED) is 0.827. The number of primary amides is 1. The van der Waals surface area contributed by atoms with Crippen LogP contribution < -0.4 is 11.5 Å². The molecule has 0 unspecified atom stereocenters. The van der Waals surface area contributed by atoms with Gasteiger partial charge >= 0.3 is 0 Å². The fourth-order valence-electron chi connectivity index (χ4n) is 1.26. The molecule has 0 aliphatic carbocycles. The molecule has 0 saturated carbocycles. The molecule has 2 aromatic heterocycles. The van der Waals surface area contributed by atoms with Crippen LogP contribution in [0.3, 0.4) is 0 Å². The molecule has 4 N–H and O–H groups in total. The molecule has 0 aliphatic rings. The van der Waals surface area contributed by atoms with Crippen molar-refractivity contribution in [3.8, 4) is 5.82 Å². The molecule has 2 heterocycles. The Kier molecular flexibility index (Phi) is 2.68. The van der Waals surface area contributed by atoms with Crippen LogP contribution >= 0.6 is 11.6 Å². The zero-order valence-corrected chi connectivity index (χ0v) is 9.15. The minimum atomic E-state index is -0.796. The van der Waals surface area contributed by atoms with Gasteiger partial charge in [-0.1, -0.05) is 11.6 Å². The second kappa shape index (κ2) is 4.02. The number of aromatic nitrogens is 3. The highest BCUT2D eigenvalue weighted by Crippen LogP contribution is 2.17. The van der Waals surface area contributed by atoms with Crippen LogP contribution in [0.5, 0.6) is 0 Å². The minimum absolute atomic E-state index is 0.0497. The van der Waals surface area contributed by atoms with E-state index < -0.39 is 11.7 Å². The van der Waals surface area contributed by atoms with Crippen molar-refractivity contribution in [2.45, 2.75) is 0 Å². The molecule has 0 saturated heterocycles. The van der Waals surface area contributed by atoms with Crippen LogP contribution in [0.2, 0.25) is 5.02 Å². The predicted octanol–water partition coefficient (Wildman–Crippen LogP) is 0.741. The van der Waals surface area contributed by atoms with E-state index in [4.69, 9.17) is 23.1 Å². The lowest BCUT2D eigenvalue weighted by Crippen LogP contribution is -2.14. The monoisotopic (exact) mass is 255 g/mol. The van der Waals surface area contributed by atoms with Gasteiger partial charge in [0.05, 0.1) is 16.9 Å². The Morgan fingerprint density at radius 3 is 2.76 bits per heavy atom. The lowest BCUT2D eigenvalue weighted by molar-refractivity contribution is 0.0996. The summed E-state index contributed by atoms with van der Waals surface area (Å²) in [6.45, 7) is 0. The molecule has 0 atom stereocenters. The lowest BCUT2D eigenvalue weighted by atomic mass is 10.4. The zero-order chi connectivity index (χ0) is 12.6. The SMILES string of the molecule is NC(=O)c1nn(-c2ncc(Cl)cc2F)cc1N. The van der Waals surface area contributed by atoms with Crippen LogP contribution in [0.4, 0.5) is 10.1 Å². The maximum absolute atomic E-state index is 13.5. The smallest absolute Gasteiger partial charge is 0.271 e. The molecule has 2 aromatic rings. The van der Waals surface area contributed by atoms with E-state index in [1.165, 1.54) is 12.4 Å². The third-order valence-electron chi connectivity index (χ3n) is 1.98. The fraction of sp³-hybridized carbons (Fsp3) is 0. The number of anilines is 1. The van der Waals surface area contributed by atoms with Crippen molar-refractivity contribution in [3.63, 3.8) is 0 Å². The van der Waals surface area contributed by atoms with Gasteiger partial charge in [-0.05, 0) is 6.07 Å². The van der Waals surface area contributed by atoms with E-state index in [9.17, 15) is 9.18 Å². The number of nitrogens with zero attached hydrogens (tertiary/aromatic N) is 3. The highest BCUT2D eigenvalue weighted by atomic mass is 35.5. The summed E-state index contributed by atoms with van der Waals surface area (Å²) in [5.41, 5.74) is 10.4. The van der Waals surface area contributed by atoms with E-state index in [1.807, 2.05) is 0 Å². The van der Waals surface area contributed by atoms with Crippen LogP contribution in [0.15, 0.2) is 18.5 Å². The number of carbonyl (C=O) groups excluding carboxylic acids is 1. The van der Waals surface area contributed by atoms with E-state index in [-0.39, 0.29) is 22.2 Å². The van der Waals surface area contributed by atoms with Crippen molar-refractivity contribution in [1.29, 1.82) is 0 Å². The number of nitrogen functional groups attached to an aromatic ring is 1. The Labute approximate surface area is 100.0 Å². The number of amides is 1. The largest absolute Gasteiger partial charge is 0.396 e. The second-order valence-corrected chi connectivity index (χ2v) is 3.64. The number of hydrogen-bond acceptors (Lipinski definition) is 4. The molecule has 0 radical (unpaired) electrons. The molecule has 0 aromatic carbocycles. The maximum Gasteiger partial charge on any atom is 0.271 e. The summed E-state index contributed by atoms with van der Waals surface area (Å²) in [6.07, 6.45) is 2.50. The van der Waals surface area contributed by atoms with E-state index in [1.54, 1.807) is 0 Å². The predicted molar refractivity (Wildman–Crippen MR) is 59.3 cm³/mol. The molecular weight excluding hydrogens is 249 g/mol. The highest BCUT2D eigenvalue weighted by molar-refractivity contribution is 6.30. The van der Waals surface area contributed by atoms with Gasteiger partial charge in [-0.25, -0.2) is 14.1 Å². The van der Waals surface area contributed by atoms with Gasteiger partial charge in [-0.15, -0.1) is 0 Å². The van der Waals surface area contributed by atoms with E-state index >= 15 is 0 Å². The van der Waals surface area contributed by atoms with E-state index in [0.29, 0.717) is 0 Å². The summed E-state index contributed by atoms with van der Waals surface area (Å²) in [6, 6.07) is 1.08. The molecule has 6 nitrogen and oxygen atoms in total. The number of carbonyl (C=O) groups is 1. The molecule has 0 fully saturated rings. The summed E-state index contributed by atoms with van der Waals surface area (Å²) in [5.74, 6) is -1.60. The molecule has 1 amide bonds. The van der Waals surface area contributed by atoms with Gasteiger partial charge in [0.2, 0.25) is 0 Å². The van der Waals surface area contributed by atoms with Crippen molar-refractivity contribution in [3.05, 3.63) is 35.0 Å². The van der Waals surface area contributed by atoms with Crippen LogP contribution in [0.25, 0.3) is 5.82 Å². The molecule has 0 aliphatic heterocycles. The van der Waals surface area contributed by atoms with Gasteiger partial charge in [0, 0.05) is 6.20 Å². The fourth-order valence-corrected chi connectivity index (χ4v) is 1.41. The Bertz CT molecular complexity index is 597. The summed E-state index contributed by atoms with van der Waals surface area (Å²) >= 11 is 5.56. The Hall–Kier alpha value is -2.15. The van der Waals surface area contributed by atoms with Gasteiger partial charge in [-0.2, -0.15) is 5.10 Å². The molecule has 0 spiro atoms. The topological polar surface area (TPSA) is 99.8 Å². The minimum Gasteiger partial charge on any atom is -0.396 e. The van der Waals surface area contributed by atoms with Crippen molar-refractivity contribution in [2.24, 2.45) is 5.73 Å². The summed E-state index contributed by atoms with van der Waals surface area (Å²) in [7, 11) is 0. The van der Waals surface area contributed by atoms with Crippen LogP contribution in [0, 0.1) is 5.82 Å². The van der Waals surface area contributed by atoms with Gasteiger partial charge in [0.25, 0.3) is 5.91 Å². The van der Waals surface area contributed by atoms with E-state index in [2.05, 4.69) is 10.1 Å². The van der Waals surface area contributed by atoms with Crippen LogP contribution in [-0.2, 0) is 0 Å². The van der Waals surface area contributed by atoms with Crippen molar-refractivity contribution in [2.75, 3.05) is 5.73 Å². The first-order valence-electron chi connectivity index (χ1n) is 4.45. The van der Waals surface area contributed by atoms with E-state index in [0.717, 1.165) is 10.7 Å². The van der Waals surface area contributed by atoms with Gasteiger partial charge in [0.1, 0.15) is 0 Å². The number of hydrogen-bond donors (Lipinski definition) is 2. The first-order chi connectivity index (χ1) is 7.99. The number of halogens is 2. The van der Waals surface area contributed by atoms with Gasteiger partial charge in [0.15, 0.2) is 17.3 Å². The lowest BCUT2D eigenvalue weighted by Gasteiger charge is -2.01. The van der Waals surface area contributed by atoms with Crippen LogP contribution in [0.1, 0.15) is 10.5 Å². The molecule has 17 heavy (non-hydrogen) atoms. The molecule has 8 heteroatoms. The average Bonchev–Trinajstić information content (AvgIpc) is 2.60. The first kappa shape index (κ1) is 11.3. The number of pyridine rings is 1. The maximum atomic E-state index is 13.5. The molecular formula is C9H7ClFN5O. The van der Waals surface area contributed by atoms with Gasteiger partial charge in [-0.3, -0.25) is 4.79 Å². The first-order valence-corrected chi connectivity index (χ1v) is 4.83. The van der Waals surface area contributed by atoms with Crippen molar-refractivity contribution in [1.82, 2.24) is 14.8 Å². The number of rotatable bonds is 2. The van der Waals surface area contributed by atoms with Crippen LogP contribution in [-0.4, -0.2) is 20.7 Å². The molecule has 2 rings (SSSR count). The number of nitrogens with two attached hydrogens (primary N) is 2. The second-order valence-electron chi connectivity index (χ2n) is 3.20. The standard InChI is InChI=1S/C9H7ClFN5O/c10-4-1-5(11)9(14-2-4)16-3-6(12)7(15-16)8(13)17/h1-3H,12H2,(H2,13,17). The zero-order valence-electron chi connectivity index (χ0n) is 8.39. The third-order valence-corrected chi connectivity index (χ3v) is 2.19. The Morgan fingerprint density at radius 1 is 1.53 bits per heavy atom. The molecule has 0 bridgehead atoms. The Balaban J connectivity index is 2.53. The van der Waals surface area contributed by atoms with Crippen molar-refractivity contribution < 1.29 is 9.18 Å². The summed E-state index contributed by atoms with van der Waals surface area (Å²) in [4.78, 5) is 14.7. The normalized spacial score (nSPS) is 10.5. The van der Waals surface area contributed by atoms with Crippen molar-refractivity contribution >= 4 is 23.2 Å². The third kappa shape index (κ3) is 2.04.